The molecule has 0 amide bonds. The topological polar surface area (TPSA) is 50.9 Å². The van der Waals surface area contributed by atoms with Gasteiger partial charge in [0.2, 0.25) is 0 Å². The highest BCUT2D eigenvalue weighted by molar-refractivity contribution is 4.82. The van der Waals surface area contributed by atoms with E-state index in [9.17, 15) is 0 Å². The van der Waals surface area contributed by atoms with Crippen molar-refractivity contribution in [2.75, 3.05) is 5.59 Å². The molecule has 0 saturated heterocycles. The molecule has 0 atom stereocenters. The normalized spacial score (nSPS) is 14.7. The molecule has 1 aromatic heterocycles. The van der Waals surface area contributed by atoms with Crippen LogP contribution in [0, 0.1) is 0 Å². The zero-order chi connectivity index (χ0) is 6.10. The van der Waals surface area contributed by atoms with Gasteiger partial charge in [0.05, 0.1) is 4.79 Å². The molecule has 0 unspecified atom stereocenters. The van der Waals surface area contributed by atoms with Gasteiger partial charge < -0.3 is 0 Å². The molecule has 2 heterocycles. The van der Waals surface area contributed by atoms with Crippen molar-refractivity contribution in [1.29, 1.82) is 0 Å². The minimum atomic E-state index is 0.529. The Balaban J connectivity index is 2.54. The highest BCUT2D eigenvalue weighted by atomic mass is 16.7. The minimum Gasteiger partial charge on any atom is -0.232 e. The fourth-order valence-electron chi connectivity index (χ4n) is 0.678. The van der Waals surface area contributed by atoms with Gasteiger partial charge in [-0.3, -0.25) is 0 Å². The standard InChI is InChI=1S/C4H5N4O/c1-4-2-9-7-8(4)6-3-5-1/h1,3H,2H2,(H,5,6,7)/q+1. The van der Waals surface area contributed by atoms with Crippen LogP contribution in [-0.2, 0) is 11.4 Å². The van der Waals surface area contributed by atoms with E-state index in [1.807, 2.05) is 0 Å². The predicted molar refractivity (Wildman–Crippen MR) is 26.4 cm³/mol. The number of hydrogen-bond acceptors (Lipinski definition) is 4. The van der Waals surface area contributed by atoms with Crippen LogP contribution in [0.1, 0.15) is 5.69 Å². The van der Waals surface area contributed by atoms with Crippen LogP contribution in [0.3, 0.4) is 0 Å². The second-order valence-electron chi connectivity index (χ2n) is 1.69. The molecule has 0 bridgehead atoms. The van der Waals surface area contributed by atoms with E-state index in [1.54, 1.807) is 6.20 Å². The molecule has 1 N–H and O–H groups in total. The Labute approximate surface area is 51.2 Å². The molecule has 2 rings (SSSR count). The Bertz CT molecular complexity index is 203. The van der Waals surface area contributed by atoms with Gasteiger partial charge in [0.25, 0.3) is 5.69 Å². The molecule has 5 heteroatoms. The first-order valence-corrected chi connectivity index (χ1v) is 2.56. The van der Waals surface area contributed by atoms with Gasteiger partial charge in [0.15, 0.2) is 12.9 Å². The Morgan fingerprint density at radius 2 is 2.78 bits per heavy atom. The second-order valence-corrected chi connectivity index (χ2v) is 1.69. The number of rotatable bonds is 0. The maximum atomic E-state index is 4.83. The molecular formula is C4H5N4O+. The summed E-state index contributed by atoms with van der Waals surface area (Å²) in [5.41, 5.74) is 3.49. The van der Waals surface area contributed by atoms with E-state index in [-0.39, 0.29) is 0 Å². The lowest BCUT2D eigenvalue weighted by atomic mass is 10.5. The molecule has 0 aromatic carbocycles. The molecule has 1 aliphatic heterocycles. The third-order valence-electron chi connectivity index (χ3n) is 1.10. The summed E-state index contributed by atoms with van der Waals surface area (Å²) in [5, 5.41) is 3.83. The van der Waals surface area contributed by atoms with Crippen LogP contribution in [0.25, 0.3) is 0 Å². The molecule has 0 aliphatic carbocycles. The maximum absolute atomic E-state index is 4.83. The van der Waals surface area contributed by atoms with Crippen molar-refractivity contribution in [3.63, 3.8) is 0 Å². The molecule has 46 valence electrons. The zero-order valence-corrected chi connectivity index (χ0v) is 4.61. The second kappa shape index (κ2) is 1.63. The largest absolute Gasteiger partial charge is 0.291 e. The molecular weight excluding hydrogens is 120 g/mol. The van der Waals surface area contributed by atoms with Gasteiger partial charge in [0, 0.05) is 5.10 Å². The Morgan fingerprint density at radius 1 is 1.78 bits per heavy atom. The summed E-state index contributed by atoms with van der Waals surface area (Å²) < 4.78 is 0. The molecule has 0 fully saturated rings. The van der Waals surface area contributed by atoms with E-state index < -0.39 is 0 Å². The number of nitrogens with one attached hydrogen (secondary N) is 1. The highest BCUT2D eigenvalue weighted by Crippen LogP contribution is 1.92. The highest BCUT2D eigenvalue weighted by Gasteiger charge is 2.19. The molecule has 5 nitrogen and oxygen atoms in total. The summed E-state index contributed by atoms with van der Waals surface area (Å²) in [5.74, 6) is 0. The van der Waals surface area contributed by atoms with Crippen LogP contribution < -0.4 is 10.4 Å². The van der Waals surface area contributed by atoms with Crippen LogP contribution in [-0.4, -0.2) is 10.1 Å². The average Bonchev–Trinajstić information content (AvgIpc) is 2.33. The fraction of sp³-hybridized carbons (Fsp3) is 0.250. The van der Waals surface area contributed by atoms with Gasteiger partial charge >= 0.3 is 0 Å². The Morgan fingerprint density at radius 3 is 3.67 bits per heavy atom. The monoisotopic (exact) mass is 125 g/mol. The van der Waals surface area contributed by atoms with Gasteiger partial charge in [-0.05, 0) is 5.59 Å². The molecule has 0 saturated carbocycles. The Kier molecular flexibility index (Phi) is 0.837. The number of nitrogens with zero attached hydrogens (tertiary/aromatic N) is 3. The van der Waals surface area contributed by atoms with Crippen LogP contribution >= 0.6 is 0 Å². The van der Waals surface area contributed by atoms with Crippen LogP contribution in [0.2, 0.25) is 0 Å². The molecule has 0 radical (unpaired) electrons. The van der Waals surface area contributed by atoms with Gasteiger partial charge in [-0.2, -0.15) is 0 Å². The summed E-state index contributed by atoms with van der Waals surface area (Å²) in [6.07, 6.45) is 3.15. The lowest BCUT2D eigenvalue weighted by Gasteiger charge is -1.80. The summed E-state index contributed by atoms with van der Waals surface area (Å²) in [4.78, 5) is 10.2. The van der Waals surface area contributed by atoms with E-state index in [0.29, 0.717) is 6.61 Å². The van der Waals surface area contributed by atoms with Crippen LogP contribution in [0.5, 0.6) is 0 Å². The average molecular weight is 125 g/mol. The SMILES string of the molecule is c1ncc2[n+](n1)NOC2. The van der Waals surface area contributed by atoms with E-state index in [2.05, 4.69) is 15.7 Å². The summed E-state index contributed by atoms with van der Waals surface area (Å²) >= 11 is 0. The third-order valence-corrected chi connectivity index (χ3v) is 1.10. The van der Waals surface area contributed by atoms with Gasteiger partial charge in [-0.15, -0.1) is 0 Å². The first kappa shape index (κ1) is 4.63. The molecule has 0 spiro atoms. The van der Waals surface area contributed by atoms with Crippen LogP contribution in [0.15, 0.2) is 12.5 Å². The third kappa shape index (κ3) is 0.619. The summed E-state index contributed by atoms with van der Waals surface area (Å²) in [6, 6.07) is 0. The maximum Gasteiger partial charge on any atom is 0.291 e. The first-order valence-electron chi connectivity index (χ1n) is 2.56. The van der Waals surface area contributed by atoms with Gasteiger partial charge in [0.1, 0.15) is 6.20 Å². The summed E-state index contributed by atoms with van der Waals surface area (Å²) in [7, 11) is 0. The van der Waals surface area contributed by atoms with E-state index in [4.69, 9.17) is 4.84 Å². The van der Waals surface area contributed by atoms with Crippen molar-refractivity contribution < 1.29 is 9.63 Å². The summed E-state index contributed by atoms with van der Waals surface area (Å²) in [6.45, 7) is 0.529. The van der Waals surface area contributed by atoms with E-state index in [0.717, 1.165) is 5.69 Å². The lowest BCUT2D eigenvalue weighted by molar-refractivity contribution is -0.723. The van der Waals surface area contributed by atoms with Gasteiger partial charge in [-0.1, -0.05) is 0 Å². The number of aromatic nitrogens is 3. The molecule has 1 aliphatic rings. The lowest BCUT2D eigenvalue weighted by Crippen LogP contribution is -2.45. The molecule has 9 heavy (non-hydrogen) atoms. The van der Waals surface area contributed by atoms with Crippen molar-refractivity contribution in [3.05, 3.63) is 18.2 Å². The van der Waals surface area contributed by atoms with E-state index in [1.165, 1.54) is 11.1 Å². The van der Waals surface area contributed by atoms with Crippen molar-refractivity contribution in [2.24, 2.45) is 0 Å². The van der Waals surface area contributed by atoms with Gasteiger partial charge in [-0.25, -0.2) is 9.82 Å². The predicted octanol–water partition coefficient (Wildman–Crippen LogP) is -1.25. The van der Waals surface area contributed by atoms with Crippen molar-refractivity contribution in [2.45, 2.75) is 6.61 Å². The first-order chi connectivity index (χ1) is 4.47. The molecule has 1 aromatic rings. The fourth-order valence-corrected chi connectivity index (χ4v) is 0.678. The quantitative estimate of drug-likeness (QED) is 0.440. The zero-order valence-electron chi connectivity index (χ0n) is 4.61. The van der Waals surface area contributed by atoms with Crippen molar-refractivity contribution in [1.82, 2.24) is 10.1 Å². The number of hydrogen-bond donors (Lipinski definition) is 1. The van der Waals surface area contributed by atoms with Crippen LogP contribution in [0.4, 0.5) is 0 Å². The minimum absolute atomic E-state index is 0.529. The van der Waals surface area contributed by atoms with Crippen molar-refractivity contribution in [3.8, 4) is 0 Å². The van der Waals surface area contributed by atoms with Crippen molar-refractivity contribution >= 4 is 0 Å². The number of fused-ring (bicyclic) bond motifs is 1. The smallest absolute Gasteiger partial charge is 0.232 e. The Hall–Kier alpha value is -1.23. The van der Waals surface area contributed by atoms with E-state index >= 15 is 0 Å².